The van der Waals surface area contributed by atoms with Crippen LogP contribution in [0.4, 0.5) is 0 Å². The van der Waals surface area contributed by atoms with Crippen molar-refractivity contribution in [2.45, 2.75) is 40.7 Å². The van der Waals surface area contributed by atoms with Crippen molar-refractivity contribution in [3.8, 4) is 0 Å². The molecule has 132 valence electrons. The highest BCUT2D eigenvalue weighted by Crippen LogP contribution is 2.21. The highest BCUT2D eigenvalue weighted by molar-refractivity contribution is 14.0. The molecule has 2 heterocycles. The van der Waals surface area contributed by atoms with Gasteiger partial charge in [-0.05, 0) is 37.2 Å². The van der Waals surface area contributed by atoms with E-state index >= 15 is 0 Å². The largest absolute Gasteiger partial charge is 0.357 e. The number of hydrogen-bond acceptors (Lipinski definition) is 2. The molecule has 23 heavy (non-hydrogen) atoms. The topological polar surface area (TPSA) is 45.5 Å². The Morgan fingerprint density at radius 1 is 1.35 bits per heavy atom. The van der Waals surface area contributed by atoms with Crippen LogP contribution in [0.1, 0.15) is 34.1 Å². The normalized spacial score (nSPS) is 23.3. The molecule has 1 aromatic heterocycles. The lowest BCUT2D eigenvalue weighted by Crippen LogP contribution is -2.48. The van der Waals surface area contributed by atoms with Crippen molar-refractivity contribution < 1.29 is 0 Å². The molecule has 3 unspecified atom stereocenters. The molecule has 0 bridgehead atoms. The average Bonchev–Trinajstić information content (AvgIpc) is 2.95. The number of likely N-dealkylation sites (tertiary alicyclic amines) is 1. The molecule has 1 aromatic rings. The Hall–Kier alpha value is -0.790. The van der Waals surface area contributed by atoms with E-state index in [4.69, 9.17) is 4.99 Å². The van der Waals surface area contributed by atoms with Gasteiger partial charge in [-0.1, -0.05) is 20.8 Å². The average molecular weight is 433 g/mol. The van der Waals surface area contributed by atoms with Gasteiger partial charge in [-0.15, -0.1) is 24.0 Å². The third kappa shape index (κ3) is 6.69. The molecule has 1 saturated heterocycles. The van der Waals surface area contributed by atoms with Crippen molar-refractivity contribution in [3.05, 3.63) is 18.5 Å². The standard InChI is InChI=1S/C17H31N5.HI/c1-5-18-17(21-11-14(2)9-15(3)12-21)19-10-16(4)13-22-8-6-7-20-22;/h6-8,14-16H,5,9-13H2,1-4H3,(H,18,19);1H. The van der Waals surface area contributed by atoms with Crippen molar-refractivity contribution in [1.82, 2.24) is 20.0 Å². The Morgan fingerprint density at radius 2 is 2.04 bits per heavy atom. The molecular weight excluding hydrogens is 401 g/mol. The molecule has 0 aromatic carbocycles. The molecule has 5 nitrogen and oxygen atoms in total. The number of nitrogens with one attached hydrogen (secondary N) is 1. The maximum Gasteiger partial charge on any atom is 0.193 e. The maximum atomic E-state index is 4.88. The van der Waals surface area contributed by atoms with Gasteiger partial charge < -0.3 is 10.2 Å². The molecule has 1 aliphatic rings. The van der Waals surface area contributed by atoms with Gasteiger partial charge in [0.15, 0.2) is 5.96 Å². The molecule has 2 rings (SSSR count). The van der Waals surface area contributed by atoms with E-state index in [2.05, 4.69) is 43.0 Å². The Balaban J connectivity index is 0.00000264. The first-order valence-electron chi connectivity index (χ1n) is 8.59. The summed E-state index contributed by atoms with van der Waals surface area (Å²) in [6.45, 7) is 14.0. The van der Waals surface area contributed by atoms with E-state index in [1.807, 2.05) is 23.1 Å². The Kier molecular flexibility index (Phi) is 8.94. The number of rotatable bonds is 5. The fraction of sp³-hybridized carbons (Fsp3) is 0.765. The van der Waals surface area contributed by atoms with Crippen LogP contribution in [0.3, 0.4) is 0 Å². The van der Waals surface area contributed by atoms with Gasteiger partial charge in [-0.25, -0.2) is 0 Å². The summed E-state index contributed by atoms with van der Waals surface area (Å²) in [7, 11) is 0. The zero-order valence-corrected chi connectivity index (χ0v) is 17.2. The smallest absolute Gasteiger partial charge is 0.193 e. The van der Waals surface area contributed by atoms with E-state index in [1.54, 1.807) is 0 Å². The van der Waals surface area contributed by atoms with Gasteiger partial charge in [0.2, 0.25) is 0 Å². The van der Waals surface area contributed by atoms with Crippen molar-refractivity contribution in [2.24, 2.45) is 22.7 Å². The minimum atomic E-state index is 0. The summed E-state index contributed by atoms with van der Waals surface area (Å²) in [6.07, 6.45) is 5.17. The van der Waals surface area contributed by atoms with Gasteiger partial charge in [0.05, 0.1) is 0 Å². The predicted molar refractivity (Wildman–Crippen MR) is 107 cm³/mol. The van der Waals surface area contributed by atoms with Crippen molar-refractivity contribution in [3.63, 3.8) is 0 Å². The minimum absolute atomic E-state index is 0. The highest BCUT2D eigenvalue weighted by Gasteiger charge is 2.24. The Labute approximate surface area is 157 Å². The van der Waals surface area contributed by atoms with Crippen LogP contribution in [0.5, 0.6) is 0 Å². The van der Waals surface area contributed by atoms with Gasteiger partial charge in [-0.2, -0.15) is 5.10 Å². The molecule has 0 amide bonds. The molecule has 3 atom stereocenters. The summed E-state index contributed by atoms with van der Waals surface area (Å²) < 4.78 is 1.98. The second-order valence-electron chi connectivity index (χ2n) is 6.88. The molecule has 1 fully saturated rings. The molecule has 1 N–H and O–H groups in total. The summed E-state index contributed by atoms with van der Waals surface area (Å²) in [5.41, 5.74) is 0. The van der Waals surface area contributed by atoms with Crippen LogP contribution in [0.2, 0.25) is 0 Å². The zero-order chi connectivity index (χ0) is 15.9. The highest BCUT2D eigenvalue weighted by atomic mass is 127. The van der Waals surface area contributed by atoms with Gasteiger partial charge in [0, 0.05) is 45.1 Å². The SMILES string of the molecule is CCNC(=NCC(C)Cn1cccn1)N1CC(C)CC(C)C1.I. The summed E-state index contributed by atoms with van der Waals surface area (Å²) in [5.74, 6) is 3.05. The maximum absolute atomic E-state index is 4.88. The lowest BCUT2D eigenvalue weighted by Gasteiger charge is -2.37. The number of aliphatic imine (C=N–C) groups is 1. The monoisotopic (exact) mass is 433 g/mol. The molecular formula is C17H32IN5. The Morgan fingerprint density at radius 3 is 2.61 bits per heavy atom. The van der Waals surface area contributed by atoms with Gasteiger partial charge in [-0.3, -0.25) is 9.67 Å². The van der Waals surface area contributed by atoms with E-state index in [9.17, 15) is 0 Å². The van der Waals surface area contributed by atoms with Gasteiger partial charge >= 0.3 is 0 Å². The second-order valence-corrected chi connectivity index (χ2v) is 6.88. The fourth-order valence-corrected chi connectivity index (χ4v) is 3.29. The number of nitrogens with zero attached hydrogens (tertiary/aromatic N) is 4. The molecule has 6 heteroatoms. The number of hydrogen-bond donors (Lipinski definition) is 1. The quantitative estimate of drug-likeness (QED) is 0.441. The second kappa shape index (κ2) is 10.2. The summed E-state index contributed by atoms with van der Waals surface area (Å²) in [4.78, 5) is 7.31. The molecule has 0 spiro atoms. The van der Waals surface area contributed by atoms with Crippen LogP contribution in [0, 0.1) is 17.8 Å². The lowest BCUT2D eigenvalue weighted by molar-refractivity contribution is 0.208. The van der Waals surface area contributed by atoms with Crippen LogP contribution >= 0.6 is 24.0 Å². The summed E-state index contributed by atoms with van der Waals surface area (Å²) >= 11 is 0. The first kappa shape index (κ1) is 20.3. The van der Waals surface area contributed by atoms with E-state index in [0.29, 0.717) is 5.92 Å². The van der Waals surface area contributed by atoms with Crippen LogP contribution in [-0.4, -0.2) is 46.8 Å². The first-order valence-corrected chi connectivity index (χ1v) is 8.59. The van der Waals surface area contributed by atoms with Crippen LogP contribution < -0.4 is 5.32 Å². The third-order valence-corrected chi connectivity index (χ3v) is 4.11. The predicted octanol–water partition coefficient (Wildman–Crippen LogP) is 3.08. The molecule has 0 aliphatic carbocycles. The van der Waals surface area contributed by atoms with E-state index < -0.39 is 0 Å². The first-order chi connectivity index (χ1) is 10.6. The minimum Gasteiger partial charge on any atom is -0.357 e. The van der Waals surface area contributed by atoms with Gasteiger partial charge in [0.1, 0.15) is 0 Å². The van der Waals surface area contributed by atoms with Crippen LogP contribution in [-0.2, 0) is 6.54 Å². The van der Waals surface area contributed by atoms with E-state index in [-0.39, 0.29) is 24.0 Å². The number of piperidine rings is 1. The number of guanidine groups is 1. The Bertz CT molecular complexity index is 450. The van der Waals surface area contributed by atoms with E-state index in [0.717, 1.165) is 50.5 Å². The van der Waals surface area contributed by atoms with Crippen molar-refractivity contribution in [2.75, 3.05) is 26.2 Å². The van der Waals surface area contributed by atoms with Crippen LogP contribution in [0.25, 0.3) is 0 Å². The number of aromatic nitrogens is 2. The summed E-state index contributed by atoms with van der Waals surface area (Å²) in [6, 6.07) is 1.97. The molecule has 0 saturated carbocycles. The fourth-order valence-electron chi connectivity index (χ4n) is 3.29. The van der Waals surface area contributed by atoms with Gasteiger partial charge in [0.25, 0.3) is 0 Å². The van der Waals surface area contributed by atoms with E-state index in [1.165, 1.54) is 6.42 Å². The van der Waals surface area contributed by atoms with Crippen molar-refractivity contribution >= 4 is 29.9 Å². The third-order valence-electron chi connectivity index (χ3n) is 4.11. The van der Waals surface area contributed by atoms with Crippen LogP contribution in [0.15, 0.2) is 23.5 Å². The molecule has 0 radical (unpaired) electrons. The van der Waals surface area contributed by atoms with Crippen molar-refractivity contribution in [1.29, 1.82) is 0 Å². The number of halogens is 1. The summed E-state index contributed by atoms with van der Waals surface area (Å²) in [5, 5.41) is 7.73. The zero-order valence-electron chi connectivity index (χ0n) is 14.9. The molecule has 1 aliphatic heterocycles. The lowest BCUT2D eigenvalue weighted by atomic mass is 9.92.